The number of carbonyl (C=O) groups is 9. The normalized spacial score (nSPS) is 13.3. The van der Waals surface area contributed by atoms with Crippen LogP contribution in [-0.2, 0) is 79.5 Å². The van der Waals surface area contributed by atoms with E-state index in [1.807, 2.05) is 289 Å². The molecule has 5 N–H and O–H groups in total. The van der Waals surface area contributed by atoms with Crippen molar-refractivity contribution in [3.63, 3.8) is 0 Å². The van der Waals surface area contributed by atoms with E-state index in [2.05, 4.69) is 64.5 Å². The summed E-state index contributed by atoms with van der Waals surface area (Å²) < 4.78 is 22.8. The lowest BCUT2D eigenvalue weighted by Gasteiger charge is -2.32. The van der Waals surface area contributed by atoms with E-state index in [0.717, 1.165) is 101 Å². The number of aliphatic carboxylic acids is 2. The highest BCUT2D eigenvalue weighted by atomic mass is 35.5. The van der Waals surface area contributed by atoms with Crippen LogP contribution in [0.1, 0.15) is 106 Å². The van der Waals surface area contributed by atoms with E-state index in [1.54, 1.807) is 7.05 Å². The van der Waals surface area contributed by atoms with Gasteiger partial charge in [0.2, 0.25) is 25.4 Å². The molecule has 0 spiro atoms. The van der Waals surface area contributed by atoms with Gasteiger partial charge in [-0.25, -0.2) is 24.0 Å². The average molecular weight is 1690 g/mol. The number of benzene rings is 11. The van der Waals surface area contributed by atoms with Crippen molar-refractivity contribution in [1.29, 1.82) is 0 Å². The number of carboxylic acid groups (broad SMARTS) is 2. The Morgan fingerprint density at radius 3 is 0.837 bits per heavy atom. The standard InChI is InChI=1S/C37H40N2O5Si.C34H32N2O5.C24H21NO4.C6H11ClO/c1-39(34(36(41)44-45(2,3)4)24-27-17-9-6-10-18-27)35(40)33(23-26-15-7-5-8-16-26)38-37(42)43-25-32-30-21-13-11-19-28(30)29-20-12-14-22-31(29)32;1-36(31(33(38)39)21-24-14-6-3-7-15-24)32(37)30(20-23-12-4-2-5-13-23)35-34(40)41-22-29-27-18-10-8-16-25(27)26-17-9-11-19-28(26)29;26-23(27)22(14-16-8-2-1-3-9-16)25-24(28)29-15-21-19-12-6-4-10-17(19)18-11-5-7-13-20(18)21;1-4-6(2,3)5(7)8/h5-22,32-34H,23-25H2,1-4H3,(H,38,42);2-19,29-31H,20-22H2,1H3,(H,35,40)(H,38,39);1-13,21-22H,14-15H2,(H,25,28)(H,26,27);4H2,1-3H3/t33-,34-;30-,31-;22-;/m000./s1. The van der Waals surface area contributed by atoms with E-state index in [0.29, 0.717) is 0 Å². The quantitative estimate of drug-likeness (QED) is 0.0166. The maximum Gasteiger partial charge on any atom is 0.407 e. The van der Waals surface area contributed by atoms with Crippen LogP contribution in [0.2, 0.25) is 19.6 Å². The number of halogens is 1. The van der Waals surface area contributed by atoms with Gasteiger partial charge in [-0.15, -0.1) is 0 Å². The molecular formula is C101H104ClN5O15Si. The molecule has 3 aliphatic rings. The number of rotatable bonds is 29. The van der Waals surface area contributed by atoms with Gasteiger partial charge in [0.05, 0.1) is 0 Å². The Morgan fingerprint density at radius 2 is 0.593 bits per heavy atom. The number of carbonyl (C=O) groups excluding carboxylic acids is 7. The fraction of sp³-hybridized carbons (Fsp3) is 0.257. The average Bonchev–Trinajstić information content (AvgIpc) is 1.63. The Kier molecular flexibility index (Phi) is 31.5. The van der Waals surface area contributed by atoms with E-state index in [9.17, 15) is 53.4 Å². The molecule has 5 atom stereocenters. The van der Waals surface area contributed by atoms with Gasteiger partial charge in [0.15, 0.2) is 0 Å². The van der Waals surface area contributed by atoms with Crippen molar-refractivity contribution in [2.75, 3.05) is 33.9 Å². The number of carboxylic acids is 2. The summed E-state index contributed by atoms with van der Waals surface area (Å²) in [5.74, 6) is -3.88. The van der Waals surface area contributed by atoms with Crippen molar-refractivity contribution in [1.82, 2.24) is 25.8 Å². The Hall–Kier alpha value is -13.2. The summed E-state index contributed by atoms with van der Waals surface area (Å²) >= 11 is 5.23. The third-order valence-corrected chi connectivity index (χ3v) is 23.5. The Bertz CT molecular complexity index is 5330. The zero-order valence-corrected chi connectivity index (χ0v) is 72.0. The minimum absolute atomic E-state index is 0.0643. The highest BCUT2D eigenvalue weighted by Crippen LogP contribution is 2.47. The maximum atomic E-state index is 14.1. The maximum absolute atomic E-state index is 14.1. The lowest BCUT2D eigenvalue weighted by atomic mass is 9.92. The number of fused-ring (bicyclic) bond motifs is 9. The minimum atomic E-state index is -2.25. The zero-order chi connectivity index (χ0) is 87.7. The zero-order valence-electron chi connectivity index (χ0n) is 70.2. The molecule has 3 aliphatic carbocycles. The molecule has 634 valence electrons. The molecule has 22 heteroatoms. The van der Waals surface area contributed by atoms with Crippen LogP contribution >= 0.6 is 11.6 Å². The second kappa shape index (κ2) is 42.8. The third kappa shape index (κ3) is 24.3. The number of alkyl carbamates (subject to hydrolysis) is 3. The molecule has 0 radical (unpaired) electrons. The Morgan fingerprint density at radius 1 is 0.358 bits per heavy atom. The smallest absolute Gasteiger partial charge is 0.407 e. The highest BCUT2D eigenvalue weighted by molar-refractivity contribution is 6.71. The molecule has 0 aromatic heterocycles. The SMILES string of the molecule is CCC(C)(C)C(=O)Cl.CN(C(=O)[C@H](Cc1ccccc1)NC(=O)OCC1c2ccccc2-c2ccccc21)[C@@H](Cc1ccccc1)C(=O)O.CN(C(=O)[C@H](Cc1ccccc1)NC(=O)OCC1c2ccccc2-c2ccccc21)[C@@H](Cc1ccccc1)C(=O)O[Si](C)(C)C.O=C(N[C@@H](Cc1ccccc1)C(=O)O)OCC1c2ccccc2-c2ccccc21. The summed E-state index contributed by atoms with van der Waals surface area (Å²) in [5.41, 5.74) is 17.3. The van der Waals surface area contributed by atoms with Crippen LogP contribution in [0.15, 0.2) is 297 Å². The second-order valence-electron chi connectivity index (χ2n) is 32.2. The molecule has 0 fully saturated rings. The summed E-state index contributed by atoms with van der Waals surface area (Å²) in [4.78, 5) is 117. The van der Waals surface area contributed by atoms with Gasteiger partial charge < -0.3 is 54.6 Å². The van der Waals surface area contributed by atoms with Gasteiger partial charge in [0.1, 0.15) is 50.0 Å². The third-order valence-electron chi connectivity index (χ3n) is 22.2. The molecule has 0 saturated heterocycles. The Balaban J connectivity index is 0.000000175. The topological polar surface area (TPSA) is 274 Å². The van der Waals surface area contributed by atoms with Gasteiger partial charge in [0, 0.05) is 69.4 Å². The van der Waals surface area contributed by atoms with Crippen molar-refractivity contribution in [2.24, 2.45) is 5.41 Å². The van der Waals surface area contributed by atoms with Crippen molar-refractivity contribution < 1.29 is 72.0 Å². The fourth-order valence-corrected chi connectivity index (χ4v) is 16.1. The number of nitrogens with one attached hydrogen (secondary N) is 3. The summed E-state index contributed by atoms with van der Waals surface area (Å²) in [6.07, 6.45) is -0.309. The van der Waals surface area contributed by atoms with Crippen LogP contribution in [0.5, 0.6) is 0 Å². The van der Waals surface area contributed by atoms with E-state index in [4.69, 9.17) is 30.2 Å². The molecule has 0 saturated carbocycles. The largest absolute Gasteiger partial charge is 0.518 e. The first-order chi connectivity index (χ1) is 59.2. The van der Waals surface area contributed by atoms with Gasteiger partial charge in [-0.05, 0) is 132 Å². The number of likely N-dealkylation sites (N-methyl/N-ethyl adjacent to an activating group) is 2. The first-order valence-electron chi connectivity index (χ1n) is 41.1. The summed E-state index contributed by atoms with van der Waals surface area (Å²) in [7, 11) is 0.809. The van der Waals surface area contributed by atoms with Gasteiger partial charge in [-0.2, -0.15) is 0 Å². The number of ether oxygens (including phenoxy) is 3. The molecule has 0 aliphatic heterocycles. The molecule has 14 rings (SSSR count). The molecule has 0 bridgehead atoms. The highest BCUT2D eigenvalue weighted by Gasteiger charge is 2.39. The van der Waals surface area contributed by atoms with Crippen molar-refractivity contribution >= 4 is 73.2 Å². The van der Waals surface area contributed by atoms with Crippen molar-refractivity contribution in [3.8, 4) is 33.4 Å². The predicted octanol–water partition coefficient (Wildman–Crippen LogP) is 18.3. The fourth-order valence-electron chi connectivity index (χ4n) is 15.2. The van der Waals surface area contributed by atoms with Gasteiger partial charge >= 0.3 is 36.2 Å². The molecule has 11 aromatic carbocycles. The van der Waals surface area contributed by atoms with E-state index in [-0.39, 0.29) is 80.3 Å². The van der Waals surface area contributed by atoms with Gasteiger partial charge in [-0.1, -0.05) is 318 Å². The van der Waals surface area contributed by atoms with Crippen LogP contribution < -0.4 is 16.0 Å². The van der Waals surface area contributed by atoms with Crippen molar-refractivity contribution in [2.45, 2.75) is 127 Å². The number of hydrogen-bond donors (Lipinski definition) is 5. The molecule has 0 heterocycles. The molecule has 123 heavy (non-hydrogen) atoms. The molecule has 11 aromatic rings. The summed E-state index contributed by atoms with van der Waals surface area (Å²) in [6, 6.07) is 90.2. The first kappa shape index (κ1) is 90.5. The molecule has 0 unspecified atom stereocenters. The molecule has 5 amide bonds. The van der Waals surface area contributed by atoms with Crippen LogP contribution in [0.4, 0.5) is 14.4 Å². The van der Waals surface area contributed by atoms with E-state index < -0.39 is 86.5 Å². The number of nitrogens with zero attached hydrogens (tertiary/aromatic N) is 2. The summed E-state index contributed by atoms with van der Waals surface area (Å²) in [5, 5.41) is 27.2. The minimum Gasteiger partial charge on any atom is -0.518 e. The van der Waals surface area contributed by atoms with Gasteiger partial charge in [0.25, 0.3) is 0 Å². The van der Waals surface area contributed by atoms with Gasteiger partial charge in [-0.3, -0.25) is 19.2 Å². The number of hydrogen-bond acceptors (Lipinski definition) is 13. The van der Waals surface area contributed by atoms with Crippen LogP contribution in [-0.4, -0.2) is 146 Å². The number of amides is 5. The van der Waals surface area contributed by atoms with Crippen LogP contribution in [0, 0.1) is 5.41 Å². The molecular weight excluding hydrogens is 1590 g/mol. The monoisotopic (exact) mass is 1690 g/mol. The van der Waals surface area contributed by atoms with Crippen LogP contribution in [0.25, 0.3) is 33.4 Å². The van der Waals surface area contributed by atoms with E-state index in [1.165, 1.54) is 16.8 Å². The first-order valence-corrected chi connectivity index (χ1v) is 44.9. The summed E-state index contributed by atoms with van der Waals surface area (Å²) in [6.45, 7) is 11.8. The van der Waals surface area contributed by atoms with Crippen LogP contribution in [0.3, 0.4) is 0 Å². The Labute approximate surface area is 724 Å². The van der Waals surface area contributed by atoms with E-state index >= 15 is 0 Å². The van der Waals surface area contributed by atoms with Crippen molar-refractivity contribution in [3.05, 3.63) is 358 Å². The lowest BCUT2D eigenvalue weighted by molar-refractivity contribution is -0.149. The second-order valence-corrected chi connectivity index (χ2v) is 36.9. The predicted molar refractivity (Wildman–Crippen MR) is 479 cm³/mol. The lowest BCUT2D eigenvalue weighted by Crippen LogP contribution is -2.55. The molecule has 20 nitrogen and oxygen atoms in total.